The van der Waals surface area contributed by atoms with E-state index in [2.05, 4.69) is 23.1 Å². The van der Waals surface area contributed by atoms with Crippen LogP contribution < -0.4 is 0 Å². The second-order valence-electron chi connectivity index (χ2n) is 5.36. The summed E-state index contributed by atoms with van der Waals surface area (Å²) in [6.07, 6.45) is 0.878. The van der Waals surface area contributed by atoms with Crippen LogP contribution in [0.1, 0.15) is 18.2 Å². The molecule has 2 unspecified atom stereocenters. The van der Waals surface area contributed by atoms with Gasteiger partial charge < -0.3 is 5.11 Å². The fraction of sp³-hybridized carbons (Fsp3) is 0.467. The van der Waals surface area contributed by atoms with Gasteiger partial charge in [0.05, 0.1) is 11.1 Å². The lowest BCUT2D eigenvalue weighted by molar-refractivity contribution is 0.127. The average Bonchev–Trinajstić information content (AvgIpc) is 2.97. The molecule has 0 radical (unpaired) electrons. The van der Waals surface area contributed by atoms with Crippen molar-refractivity contribution in [3.05, 3.63) is 34.2 Å². The molecule has 0 bridgehead atoms. The molecule has 0 amide bonds. The van der Waals surface area contributed by atoms with E-state index < -0.39 is 0 Å². The topological polar surface area (TPSA) is 23.5 Å². The van der Waals surface area contributed by atoms with Crippen LogP contribution in [-0.2, 0) is 6.54 Å². The van der Waals surface area contributed by atoms with Crippen molar-refractivity contribution in [2.24, 2.45) is 5.92 Å². The van der Waals surface area contributed by atoms with Gasteiger partial charge in [-0.2, -0.15) is 0 Å². The number of fused-ring (bicyclic) bond motifs is 1. The molecule has 0 aliphatic carbocycles. The van der Waals surface area contributed by atoms with E-state index in [1.807, 2.05) is 13.0 Å². The van der Waals surface area contributed by atoms with E-state index in [-0.39, 0.29) is 6.10 Å². The third kappa shape index (κ3) is 2.65. The number of thiophene rings is 1. The van der Waals surface area contributed by atoms with E-state index in [4.69, 9.17) is 11.6 Å². The molecule has 2 heterocycles. The first-order chi connectivity index (χ1) is 9.15. The lowest BCUT2D eigenvalue weighted by Crippen LogP contribution is -2.23. The fourth-order valence-electron chi connectivity index (χ4n) is 2.77. The largest absolute Gasteiger partial charge is 0.393 e. The summed E-state index contributed by atoms with van der Waals surface area (Å²) in [7, 11) is 0. The number of benzene rings is 1. The Labute approximate surface area is 122 Å². The molecule has 2 aromatic rings. The van der Waals surface area contributed by atoms with Gasteiger partial charge in [-0.25, -0.2) is 0 Å². The Hall–Kier alpha value is -0.610. The van der Waals surface area contributed by atoms with Gasteiger partial charge in [-0.05, 0) is 31.9 Å². The van der Waals surface area contributed by atoms with Crippen LogP contribution in [0.25, 0.3) is 10.1 Å². The molecule has 1 saturated heterocycles. The van der Waals surface area contributed by atoms with Gasteiger partial charge in [-0.1, -0.05) is 29.8 Å². The van der Waals surface area contributed by atoms with Gasteiger partial charge in [0, 0.05) is 28.1 Å². The van der Waals surface area contributed by atoms with Crippen molar-refractivity contribution in [3.8, 4) is 0 Å². The van der Waals surface area contributed by atoms with Gasteiger partial charge in [0.15, 0.2) is 0 Å². The van der Waals surface area contributed by atoms with Gasteiger partial charge in [0.1, 0.15) is 0 Å². The van der Waals surface area contributed by atoms with Crippen LogP contribution in [0.3, 0.4) is 0 Å². The number of aliphatic hydroxyl groups excluding tert-OH is 1. The maximum absolute atomic E-state index is 9.65. The third-order valence-electron chi connectivity index (χ3n) is 3.96. The van der Waals surface area contributed by atoms with Crippen molar-refractivity contribution in [2.75, 3.05) is 13.1 Å². The second kappa shape index (κ2) is 5.41. The molecule has 1 fully saturated rings. The molecular formula is C15H18ClNOS. The van der Waals surface area contributed by atoms with Crippen LogP contribution in [0, 0.1) is 5.92 Å². The Bertz CT molecular complexity index is 581. The van der Waals surface area contributed by atoms with Crippen molar-refractivity contribution in [3.63, 3.8) is 0 Å². The highest BCUT2D eigenvalue weighted by Crippen LogP contribution is 2.36. The maximum Gasteiger partial charge on any atom is 0.0637 e. The van der Waals surface area contributed by atoms with Gasteiger partial charge in [0.2, 0.25) is 0 Å². The molecule has 0 spiro atoms. The number of nitrogens with zero attached hydrogens (tertiary/aromatic N) is 1. The molecule has 4 heteroatoms. The predicted octanol–water partition coefficient (Wildman–Crippen LogP) is 3.76. The normalized spacial score (nSPS) is 22.2. The van der Waals surface area contributed by atoms with Crippen molar-refractivity contribution in [1.82, 2.24) is 4.90 Å². The molecule has 19 heavy (non-hydrogen) atoms. The van der Waals surface area contributed by atoms with E-state index in [0.29, 0.717) is 5.92 Å². The summed E-state index contributed by atoms with van der Waals surface area (Å²) in [6, 6.07) is 8.29. The SMILES string of the molecule is CC(O)C1CCN(Cc2sc3ccccc3c2Cl)C1. The van der Waals surface area contributed by atoms with Crippen molar-refractivity contribution >= 4 is 33.0 Å². The first-order valence-corrected chi connectivity index (χ1v) is 7.91. The number of hydrogen-bond acceptors (Lipinski definition) is 3. The molecule has 102 valence electrons. The highest BCUT2D eigenvalue weighted by Gasteiger charge is 2.26. The summed E-state index contributed by atoms with van der Waals surface area (Å²) in [6.45, 7) is 4.82. The first-order valence-electron chi connectivity index (χ1n) is 6.71. The van der Waals surface area contributed by atoms with Gasteiger partial charge >= 0.3 is 0 Å². The van der Waals surface area contributed by atoms with Gasteiger partial charge in [0.25, 0.3) is 0 Å². The van der Waals surface area contributed by atoms with Gasteiger partial charge in [-0.15, -0.1) is 11.3 Å². The highest BCUT2D eigenvalue weighted by molar-refractivity contribution is 7.19. The van der Waals surface area contributed by atoms with Crippen LogP contribution in [-0.4, -0.2) is 29.2 Å². The van der Waals surface area contributed by atoms with E-state index in [0.717, 1.165) is 36.5 Å². The molecule has 3 rings (SSSR count). The summed E-state index contributed by atoms with van der Waals surface area (Å²) in [5.74, 6) is 0.410. The minimum absolute atomic E-state index is 0.206. The lowest BCUT2D eigenvalue weighted by Gasteiger charge is -2.16. The quantitative estimate of drug-likeness (QED) is 0.932. The predicted molar refractivity (Wildman–Crippen MR) is 81.9 cm³/mol. The Balaban J connectivity index is 1.77. The maximum atomic E-state index is 9.65. The van der Waals surface area contributed by atoms with E-state index in [1.165, 1.54) is 9.58 Å². The zero-order valence-electron chi connectivity index (χ0n) is 11.0. The molecule has 1 aromatic heterocycles. The summed E-state index contributed by atoms with van der Waals surface area (Å²) >= 11 is 8.25. The van der Waals surface area contributed by atoms with E-state index in [1.54, 1.807) is 11.3 Å². The minimum Gasteiger partial charge on any atom is -0.393 e. The molecule has 2 nitrogen and oxygen atoms in total. The number of halogens is 1. The Morgan fingerprint density at radius 2 is 2.26 bits per heavy atom. The molecule has 1 aliphatic heterocycles. The molecule has 0 saturated carbocycles. The smallest absolute Gasteiger partial charge is 0.0637 e. The standard InChI is InChI=1S/C15H18ClNOS/c1-10(18)11-6-7-17(8-11)9-14-15(16)12-4-2-3-5-13(12)19-14/h2-5,10-11,18H,6-9H2,1H3. The fourth-order valence-corrected chi connectivity index (χ4v) is 4.30. The highest BCUT2D eigenvalue weighted by atomic mass is 35.5. The van der Waals surface area contributed by atoms with Crippen LogP contribution in [0.15, 0.2) is 24.3 Å². The van der Waals surface area contributed by atoms with E-state index >= 15 is 0 Å². The second-order valence-corrected chi connectivity index (χ2v) is 6.87. The van der Waals surface area contributed by atoms with Crippen molar-refractivity contribution in [2.45, 2.75) is 26.0 Å². The van der Waals surface area contributed by atoms with Crippen LogP contribution in [0.5, 0.6) is 0 Å². The van der Waals surface area contributed by atoms with Crippen LogP contribution in [0.4, 0.5) is 0 Å². The zero-order chi connectivity index (χ0) is 13.4. The summed E-state index contributed by atoms with van der Waals surface area (Å²) in [5, 5.41) is 11.7. The Morgan fingerprint density at radius 3 is 2.95 bits per heavy atom. The third-order valence-corrected chi connectivity index (χ3v) is 5.66. The summed E-state index contributed by atoms with van der Waals surface area (Å²) in [5.41, 5.74) is 0. The first kappa shape index (κ1) is 13.4. The number of likely N-dealkylation sites (tertiary alicyclic amines) is 1. The number of hydrogen-bond donors (Lipinski definition) is 1. The minimum atomic E-state index is -0.206. The number of aliphatic hydroxyl groups is 1. The van der Waals surface area contributed by atoms with Gasteiger partial charge in [-0.3, -0.25) is 4.90 Å². The Morgan fingerprint density at radius 1 is 1.47 bits per heavy atom. The lowest BCUT2D eigenvalue weighted by atomic mass is 10.0. The summed E-state index contributed by atoms with van der Waals surface area (Å²) in [4.78, 5) is 3.64. The molecule has 1 aromatic carbocycles. The summed E-state index contributed by atoms with van der Waals surface area (Å²) < 4.78 is 1.26. The number of rotatable bonds is 3. The zero-order valence-corrected chi connectivity index (χ0v) is 12.5. The van der Waals surface area contributed by atoms with Crippen LogP contribution in [0.2, 0.25) is 5.02 Å². The van der Waals surface area contributed by atoms with Crippen molar-refractivity contribution in [1.29, 1.82) is 0 Å². The van der Waals surface area contributed by atoms with Crippen molar-refractivity contribution < 1.29 is 5.11 Å². The van der Waals surface area contributed by atoms with E-state index in [9.17, 15) is 5.11 Å². The molecule has 1 aliphatic rings. The molecular weight excluding hydrogens is 278 g/mol. The monoisotopic (exact) mass is 295 g/mol. The average molecular weight is 296 g/mol. The van der Waals surface area contributed by atoms with Crippen LogP contribution >= 0.6 is 22.9 Å². The molecule has 1 N–H and O–H groups in total. The Kier molecular flexibility index (Phi) is 3.81. The molecule has 2 atom stereocenters.